The minimum absolute atomic E-state index is 0.0489. The van der Waals surface area contributed by atoms with Gasteiger partial charge in [0.2, 0.25) is 0 Å². The van der Waals surface area contributed by atoms with Gasteiger partial charge in [0.05, 0.1) is 16.7 Å². The van der Waals surface area contributed by atoms with Gasteiger partial charge in [0.1, 0.15) is 5.82 Å². The van der Waals surface area contributed by atoms with E-state index in [2.05, 4.69) is 0 Å². The number of nitrogens with zero attached hydrogens (tertiary/aromatic N) is 1. The molecular formula is C31H32Cl2FNO6. The first-order valence-corrected chi connectivity index (χ1v) is 14.1. The van der Waals surface area contributed by atoms with Gasteiger partial charge < -0.3 is 24.6 Å². The van der Waals surface area contributed by atoms with Gasteiger partial charge in [-0.1, -0.05) is 54.4 Å². The van der Waals surface area contributed by atoms with Crippen LogP contribution >= 0.6 is 23.2 Å². The summed E-state index contributed by atoms with van der Waals surface area (Å²) in [4.78, 5) is 26.4. The van der Waals surface area contributed by atoms with Crippen molar-refractivity contribution in [3.8, 4) is 0 Å². The van der Waals surface area contributed by atoms with Crippen molar-refractivity contribution in [2.24, 2.45) is 5.92 Å². The number of halogens is 3. The molecule has 2 atom stereocenters. The molecule has 2 aliphatic heterocycles. The van der Waals surface area contributed by atoms with Crippen LogP contribution in [0.2, 0.25) is 10.0 Å². The smallest absolute Gasteiger partial charge is 0.336 e. The molecule has 0 radical (unpaired) electrons. The van der Waals surface area contributed by atoms with Crippen molar-refractivity contribution < 1.29 is 33.7 Å². The predicted molar refractivity (Wildman–Crippen MR) is 154 cm³/mol. The summed E-state index contributed by atoms with van der Waals surface area (Å²) in [7, 11) is 1.36. The Morgan fingerprint density at radius 2 is 1.78 bits per heavy atom. The highest BCUT2D eigenvalue weighted by Crippen LogP contribution is 2.44. The van der Waals surface area contributed by atoms with Crippen molar-refractivity contribution in [1.29, 1.82) is 0 Å². The van der Waals surface area contributed by atoms with Crippen LogP contribution in [-0.4, -0.2) is 47.3 Å². The highest BCUT2D eigenvalue weighted by molar-refractivity contribution is 6.31. The van der Waals surface area contributed by atoms with Crippen LogP contribution in [0.4, 0.5) is 4.39 Å². The largest absolute Gasteiger partial charge is 0.478 e. The maximum Gasteiger partial charge on any atom is 0.336 e. The van der Waals surface area contributed by atoms with Gasteiger partial charge in [0.15, 0.2) is 6.23 Å². The third kappa shape index (κ3) is 6.58. The van der Waals surface area contributed by atoms with E-state index in [0.717, 1.165) is 5.02 Å². The van der Waals surface area contributed by atoms with E-state index in [4.69, 9.17) is 32.7 Å². The number of methoxy groups -OCH3 is 1. The van der Waals surface area contributed by atoms with Crippen LogP contribution in [0.3, 0.4) is 0 Å². The SMILES string of the molecule is CC[C@@](O)(c1cc(F)c2c(c1)C(=O)N(Cc1ccc(Cl)cc1C(=O)O)[C@@H]2OC)C1CCOCC1.Clc1ccccc1. The Kier molecular flexibility index (Phi) is 10.0. The topological polar surface area (TPSA) is 96.3 Å². The molecule has 5 rings (SSSR count). The van der Waals surface area contributed by atoms with Crippen LogP contribution in [0.25, 0.3) is 0 Å². The van der Waals surface area contributed by atoms with Crippen LogP contribution in [0, 0.1) is 11.7 Å². The highest BCUT2D eigenvalue weighted by atomic mass is 35.5. The Morgan fingerprint density at radius 3 is 2.34 bits per heavy atom. The predicted octanol–water partition coefficient (Wildman–Crippen LogP) is 6.84. The molecule has 2 aliphatic rings. The molecule has 0 saturated carbocycles. The van der Waals surface area contributed by atoms with Gasteiger partial charge >= 0.3 is 5.97 Å². The molecule has 0 bridgehead atoms. The van der Waals surface area contributed by atoms with Gasteiger partial charge in [0, 0.05) is 42.5 Å². The number of hydrogen-bond acceptors (Lipinski definition) is 5. The first-order valence-electron chi connectivity index (χ1n) is 13.3. The Morgan fingerprint density at radius 1 is 1.10 bits per heavy atom. The summed E-state index contributed by atoms with van der Waals surface area (Å²) in [6.45, 7) is 2.76. The summed E-state index contributed by atoms with van der Waals surface area (Å²) in [6.07, 6.45) is 0.594. The Balaban J connectivity index is 0.000000483. The van der Waals surface area contributed by atoms with E-state index < -0.39 is 29.5 Å². The zero-order valence-electron chi connectivity index (χ0n) is 22.8. The van der Waals surface area contributed by atoms with E-state index in [1.165, 1.54) is 36.3 Å². The normalized spacial score (nSPS) is 18.3. The van der Waals surface area contributed by atoms with Crippen molar-refractivity contribution in [2.45, 2.75) is 44.6 Å². The molecular weight excluding hydrogens is 572 g/mol. The quantitative estimate of drug-likeness (QED) is 0.307. The number of carboxylic acid groups (broad SMARTS) is 1. The summed E-state index contributed by atoms with van der Waals surface area (Å²) in [6, 6.07) is 16.6. The second kappa shape index (κ2) is 13.3. The summed E-state index contributed by atoms with van der Waals surface area (Å²) in [5, 5.41) is 22.2. The van der Waals surface area contributed by atoms with Gasteiger partial charge in [-0.15, -0.1) is 0 Å². The molecule has 0 spiro atoms. The highest BCUT2D eigenvalue weighted by Gasteiger charge is 2.44. The fourth-order valence-electron chi connectivity index (χ4n) is 5.50. The summed E-state index contributed by atoms with van der Waals surface area (Å²) >= 11 is 11.5. The van der Waals surface area contributed by atoms with Gasteiger partial charge in [-0.25, -0.2) is 9.18 Å². The number of rotatable bonds is 7. The number of fused-ring (bicyclic) bond motifs is 1. The van der Waals surface area contributed by atoms with Gasteiger partial charge in [-0.05, 0) is 72.7 Å². The monoisotopic (exact) mass is 603 g/mol. The summed E-state index contributed by atoms with van der Waals surface area (Å²) in [5.41, 5.74) is -0.483. The average molecular weight is 605 g/mol. The van der Waals surface area contributed by atoms with Crippen molar-refractivity contribution in [1.82, 2.24) is 4.90 Å². The molecule has 2 heterocycles. The Labute approximate surface area is 248 Å². The number of hydrogen-bond donors (Lipinski definition) is 2. The lowest BCUT2D eigenvalue weighted by Gasteiger charge is -2.38. The maximum absolute atomic E-state index is 15.5. The average Bonchev–Trinajstić information content (AvgIpc) is 3.25. The molecule has 2 N–H and O–H groups in total. The number of aliphatic hydroxyl groups is 1. The zero-order chi connectivity index (χ0) is 29.7. The molecule has 1 saturated heterocycles. The molecule has 3 aromatic carbocycles. The van der Waals surface area contributed by atoms with E-state index in [1.54, 1.807) is 6.07 Å². The fourth-order valence-corrected chi connectivity index (χ4v) is 5.82. The minimum atomic E-state index is -1.30. The van der Waals surface area contributed by atoms with E-state index in [-0.39, 0.29) is 34.2 Å². The van der Waals surface area contributed by atoms with Crippen LogP contribution in [0.5, 0.6) is 0 Å². The Hall–Kier alpha value is -3.01. The number of benzene rings is 3. The van der Waals surface area contributed by atoms with E-state index in [0.29, 0.717) is 43.6 Å². The molecule has 0 unspecified atom stereocenters. The number of ether oxygens (including phenoxy) is 2. The molecule has 3 aromatic rings. The standard InChI is InChI=1S/C25H27ClFNO6.C6H5Cl/c1-3-25(32,15-6-8-34-9-7-15)16-10-19-21(20(27)11-16)23(33-2)28(22(19)29)13-14-4-5-17(26)12-18(14)24(30)31;7-6-4-2-1-3-5-6/h4-5,10-12,15,23,32H,3,6-9,13H2,1-2H3,(H,30,31);1-5H/t23-,25+;/m1./s1. The number of aromatic carboxylic acids is 1. The molecule has 1 amide bonds. The molecule has 1 fully saturated rings. The van der Waals surface area contributed by atoms with E-state index in [9.17, 15) is 19.8 Å². The molecule has 41 heavy (non-hydrogen) atoms. The molecule has 0 aliphatic carbocycles. The molecule has 0 aromatic heterocycles. The fraction of sp³-hybridized carbons (Fsp3) is 0.355. The second-order valence-corrected chi connectivity index (χ2v) is 10.9. The third-order valence-corrected chi connectivity index (χ3v) is 8.17. The maximum atomic E-state index is 15.5. The number of amides is 1. The van der Waals surface area contributed by atoms with Crippen LogP contribution in [0.15, 0.2) is 60.7 Å². The van der Waals surface area contributed by atoms with E-state index >= 15 is 4.39 Å². The lowest BCUT2D eigenvalue weighted by molar-refractivity contribution is -0.0733. The third-order valence-electron chi connectivity index (χ3n) is 7.69. The van der Waals surface area contributed by atoms with Crippen molar-refractivity contribution in [3.05, 3.63) is 104 Å². The molecule has 218 valence electrons. The first-order chi connectivity index (χ1) is 19.6. The summed E-state index contributed by atoms with van der Waals surface area (Å²) < 4.78 is 26.4. The van der Waals surface area contributed by atoms with Crippen molar-refractivity contribution >= 4 is 35.1 Å². The van der Waals surface area contributed by atoms with Gasteiger partial charge in [-0.3, -0.25) is 4.79 Å². The van der Waals surface area contributed by atoms with Gasteiger partial charge in [0.25, 0.3) is 5.91 Å². The number of carboxylic acids is 1. The minimum Gasteiger partial charge on any atom is -0.478 e. The molecule has 10 heteroatoms. The van der Waals surface area contributed by atoms with Crippen LogP contribution < -0.4 is 0 Å². The number of carbonyl (C=O) groups excluding carboxylic acids is 1. The lowest BCUT2D eigenvalue weighted by Crippen LogP contribution is -2.38. The zero-order valence-corrected chi connectivity index (χ0v) is 24.3. The second-order valence-electron chi connectivity index (χ2n) is 10.0. The number of carbonyl (C=O) groups is 2. The van der Waals surface area contributed by atoms with Gasteiger partial charge in [-0.2, -0.15) is 0 Å². The molecule has 7 nitrogen and oxygen atoms in total. The Bertz CT molecular complexity index is 1400. The van der Waals surface area contributed by atoms with Crippen molar-refractivity contribution in [2.75, 3.05) is 20.3 Å². The summed E-state index contributed by atoms with van der Waals surface area (Å²) in [5.74, 6) is -2.46. The van der Waals surface area contributed by atoms with Crippen LogP contribution in [-0.2, 0) is 21.6 Å². The van der Waals surface area contributed by atoms with Crippen LogP contribution in [0.1, 0.15) is 69.8 Å². The first kappa shape index (κ1) is 30.9. The van der Waals surface area contributed by atoms with Crippen molar-refractivity contribution in [3.63, 3.8) is 0 Å². The lowest BCUT2D eigenvalue weighted by atomic mass is 9.75. The van der Waals surface area contributed by atoms with E-state index in [1.807, 2.05) is 37.3 Å².